The van der Waals surface area contributed by atoms with Gasteiger partial charge in [-0.25, -0.2) is 0 Å². The lowest BCUT2D eigenvalue weighted by atomic mass is 10.1. The maximum atomic E-state index is 10.6. The summed E-state index contributed by atoms with van der Waals surface area (Å²) < 4.78 is 0. The molecule has 0 aliphatic rings. The fraction of sp³-hybridized carbons (Fsp3) is 0.237. The third-order valence-corrected chi connectivity index (χ3v) is 8.87. The van der Waals surface area contributed by atoms with Crippen molar-refractivity contribution in [3.8, 4) is 0 Å². The first-order valence-electron chi connectivity index (χ1n) is 14.5. The zero-order chi connectivity index (χ0) is 29.7. The molecule has 4 rings (SSSR count). The lowest BCUT2D eigenvalue weighted by molar-refractivity contribution is -0.137. The van der Waals surface area contributed by atoms with Crippen LogP contribution in [0.2, 0.25) is 0 Å². The Morgan fingerprint density at radius 3 is 1.52 bits per heavy atom. The molecule has 0 spiro atoms. The summed E-state index contributed by atoms with van der Waals surface area (Å²) in [7, 11) is 0. The number of aliphatic carboxylic acids is 1. The first-order chi connectivity index (χ1) is 20.6. The van der Waals surface area contributed by atoms with Crippen molar-refractivity contribution in [3.05, 3.63) is 143 Å². The molecule has 1 unspecified atom stereocenters. The van der Waals surface area contributed by atoms with E-state index in [1.54, 1.807) is 0 Å². The van der Waals surface area contributed by atoms with E-state index in [-0.39, 0.29) is 0 Å². The van der Waals surface area contributed by atoms with E-state index in [4.69, 9.17) is 5.11 Å². The third kappa shape index (κ3) is 14.4. The molecular weight excluding hydrogens is 553 g/mol. The minimum absolute atomic E-state index is 0.298. The molecule has 42 heavy (non-hydrogen) atoms. The molecule has 0 aliphatic heterocycles. The molecule has 1 N–H and O–H groups in total. The molecule has 0 saturated heterocycles. The highest BCUT2D eigenvalue weighted by Gasteiger charge is 2.07. The summed E-state index contributed by atoms with van der Waals surface area (Å²) in [6.07, 6.45) is 15.1. The number of hydrogen-bond acceptors (Lipinski definition) is 3. The molecule has 0 aromatic heterocycles. The van der Waals surface area contributed by atoms with Gasteiger partial charge < -0.3 is 5.11 Å². The van der Waals surface area contributed by atoms with Gasteiger partial charge in [0.15, 0.2) is 0 Å². The lowest BCUT2D eigenvalue weighted by Crippen LogP contribution is -2.04. The van der Waals surface area contributed by atoms with Crippen LogP contribution in [0.1, 0.15) is 59.9 Å². The van der Waals surface area contributed by atoms with Gasteiger partial charge in [0, 0.05) is 17.4 Å². The number of carboxylic acids is 1. The van der Waals surface area contributed by atoms with Crippen LogP contribution in [0.25, 0.3) is 24.3 Å². The van der Waals surface area contributed by atoms with E-state index in [9.17, 15) is 4.79 Å². The molecular formula is C38H42O2S2. The van der Waals surface area contributed by atoms with Gasteiger partial charge in [0.05, 0.1) is 0 Å². The Kier molecular flexibility index (Phi) is 16.1. The summed E-state index contributed by atoms with van der Waals surface area (Å²) in [6.45, 7) is 0. The largest absolute Gasteiger partial charge is 0.481 e. The summed E-state index contributed by atoms with van der Waals surface area (Å²) in [5.41, 5.74) is 6.27. The van der Waals surface area contributed by atoms with E-state index in [0.717, 1.165) is 30.8 Å². The van der Waals surface area contributed by atoms with E-state index >= 15 is 0 Å². The number of carbonyl (C=O) groups is 1. The monoisotopic (exact) mass is 594 g/mol. The van der Waals surface area contributed by atoms with Crippen LogP contribution in [0.5, 0.6) is 0 Å². The number of benzene rings is 4. The van der Waals surface area contributed by atoms with Gasteiger partial charge in [0.2, 0.25) is 0 Å². The topological polar surface area (TPSA) is 37.3 Å². The standard InChI is InChI=1S/C24H30O2S2.C14H12/c1-27-23(9-5-6-10-24(25)26)17-18-28-19-22-15-13-21(14-16-22)12-11-20-7-3-2-4-8-20;1-3-7-13(8-4-1)11-12-14-9-5-2-6-10-14/h2-4,7-8,11-16,23H,5-6,9-10,17-19H2,1H3,(H,25,26);1-12H/b2*12-11+. The molecule has 1 atom stereocenters. The van der Waals surface area contributed by atoms with Crippen molar-refractivity contribution in [2.24, 2.45) is 0 Å². The lowest BCUT2D eigenvalue weighted by Gasteiger charge is -2.13. The first kappa shape index (κ1) is 33.0. The van der Waals surface area contributed by atoms with Crippen molar-refractivity contribution in [2.75, 3.05) is 12.0 Å². The van der Waals surface area contributed by atoms with Gasteiger partial charge in [-0.05, 0) is 59.1 Å². The van der Waals surface area contributed by atoms with Gasteiger partial charge in [0.1, 0.15) is 0 Å². The van der Waals surface area contributed by atoms with Crippen molar-refractivity contribution >= 4 is 53.8 Å². The molecule has 4 aromatic carbocycles. The molecule has 4 heteroatoms. The molecule has 0 aliphatic carbocycles. The highest BCUT2D eigenvalue weighted by Crippen LogP contribution is 2.23. The van der Waals surface area contributed by atoms with E-state index in [0.29, 0.717) is 11.7 Å². The maximum absolute atomic E-state index is 10.6. The third-order valence-electron chi connectivity index (χ3n) is 6.67. The van der Waals surface area contributed by atoms with Gasteiger partial charge in [-0.15, -0.1) is 0 Å². The van der Waals surface area contributed by atoms with Crippen LogP contribution in [0, 0.1) is 0 Å². The normalized spacial score (nSPS) is 11.7. The highest BCUT2D eigenvalue weighted by molar-refractivity contribution is 7.99. The minimum Gasteiger partial charge on any atom is -0.481 e. The van der Waals surface area contributed by atoms with Crippen LogP contribution in [-0.4, -0.2) is 28.3 Å². The summed E-state index contributed by atoms with van der Waals surface area (Å²) in [6, 6.07) is 39.8. The fourth-order valence-electron chi connectivity index (χ4n) is 4.24. The number of thioether (sulfide) groups is 2. The molecule has 0 amide bonds. The molecule has 0 radical (unpaired) electrons. The van der Waals surface area contributed by atoms with Crippen molar-refractivity contribution in [3.63, 3.8) is 0 Å². The molecule has 4 aromatic rings. The predicted octanol–water partition coefficient (Wildman–Crippen LogP) is 10.7. The van der Waals surface area contributed by atoms with Crippen LogP contribution >= 0.6 is 23.5 Å². The Morgan fingerprint density at radius 2 is 1.10 bits per heavy atom. The number of carboxylic acid groups (broad SMARTS) is 1. The Balaban J connectivity index is 0.000000287. The molecule has 0 bridgehead atoms. The van der Waals surface area contributed by atoms with Gasteiger partial charge in [-0.3, -0.25) is 4.79 Å². The Labute approximate surface area is 261 Å². The number of unbranched alkanes of at least 4 members (excludes halogenated alkanes) is 1. The summed E-state index contributed by atoms with van der Waals surface area (Å²) in [5.74, 6) is 1.51. The minimum atomic E-state index is -0.683. The van der Waals surface area contributed by atoms with Crippen molar-refractivity contribution in [2.45, 2.75) is 43.1 Å². The summed E-state index contributed by atoms with van der Waals surface area (Å²) >= 11 is 3.90. The fourth-order valence-corrected chi connectivity index (χ4v) is 6.16. The smallest absolute Gasteiger partial charge is 0.303 e. The summed E-state index contributed by atoms with van der Waals surface area (Å²) in [4.78, 5) is 10.6. The number of rotatable bonds is 15. The average Bonchev–Trinajstić information content (AvgIpc) is 3.04. The van der Waals surface area contributed by atoms with Crippen molar-refractivity contribution in [1.82, 2.24) is 0 Å². The van der Waals surface area contributed by atoms with E-state index in [1.807, 2.05) is 66.0 Å². The van der Waals surface area contributed by atoms with Crippen LogP contribution in [-0.2, 0) is 10.5 Å². The van der Waals surface area contributed by atoms with E-state index in [1.165, 1.54) is 34.2 Å². The van der Waals surface area contributed by atoms with E-state index in [2.05, 4.69) is 103 Å². The van der Waals surface area contributed by atoms with Crippen LogP contribution in [0.4, 0.5) is 0 Å². The Bertz CT molecular complexity index is 1280. The quantitative estimate of drug-likeness (QED) is 0.110. The van der Waals surface area contributed by atoms with Crippen LogP contribution in [0.15, 0.2) is 115 Å². The molecule has 0 fully saturated rings. The SMILES string of the molecule is C(=C\c1ccccc1)/c1ccccc1.CSC(CCCCC(=O)O)CCSCc1ccc(/C=C/c2ccccc2)cc1. The Morgan fingerprint density at radius 1 is 0.643 bits per heavy atom. The second kappa shape index (κ2) is 20.4. The average molecular weight is 595 g/mol. The maximum Gasteiger partial charge on any atom is 0.303 e. The van der Waals surface area contributed by atoms with Crippen LogP contribution in [0.3, 0.4) is 0 Å². The first-order valence-corrected chi connectivity index (χ1v) is 17.0. The predicted molar refractivity (Wildman–Crippen MR) is 188 cm³/mol. The van der Waals surface area contributed by atoms with Gasteiger partial charge in [-0.1, -0.05) is 146 Å². The molecule has 0 saturated carbocycles. The zero-order valence-corrected chi connectivity index (χ0v) is 26.1. The second-order valence-corrected chi connectivity index (χ2v) is 12.2. The van der Waals surface area contributed by atoms with Gasteiger partial charge in [-0.2, -0.15) is 23.5 Å². The van der Waals surface area contributed by atoms with Gasteiger partial charge in [0.25, 0.3) is 0 Å². The van der Waals surface area contributed by atoms with Crippen molar-refractivity contribution < 1.29 is 9.90 Å². The van der Waals surface area contributed by atoms with Gasteiger partial charge >= 0.3 is 5.97 Å². The Hall–Kier alpha value is -3.47. The van der Waals surface area contributed by atoms with Crippen LogP contribution < -0.4 is 0 Å². The van der Waals surface area contributed by atoms with E-state index < -0.39 is 5.97 Å². The van der Waals surface area contributed by atoms with Crippen molar-refractivity contribution in [1.29, 1.82) is 0 Å². The molecule has 2 nitrogen and oxygen atoms in total. The molecule has 0 heterocycles. The summed E-state index contributed by atoms with van der Waals surface area (Å²) in [5, 5.41) is 9.35. The zero-order valence-electron chi connectivity index (χ0n) is 24.5. The highest BCUT2D eigenvalue weighted by atomic mass is 32.2. The molecule has 218 valence electrons. The number of hydrogen-bond donors (Lipinski definition) is 1. The second-order valence-electron chi connectivity index (χ2n) is 9.98.